The molecule has 1 fully saturated rings. The van der Waals surface area contributed by atoms with Crippen molar-refractivity contribution in [2.24, 2.45) is 0 Å². The van der Waals surface area contributed by atoms with E-state index >= 15 is 8.78 Å². The highest BCUT2D eigenvalue weighted by molar-refractivity contribution is 6.33. The fourth-order valence-corrected chi connectivity index (χ4v) is 5.65. The van der Waals surface area contributed by atoms with Crippen molar-refractivity contribution in [2.75, 3.05) is 19.6 Å². The molecule has 3 aromatic heterocycles. The standard InChI is InChI=1S/C29H24ClF2N7O/c1-16-5-8-34-29(36-16)40-18-3-4-19(22(30)11-18)20-12-21-25(13-23(20)31)35-14-26-28(21)39(17(2)37-26)27-6-9-38(10-7-33)15-24(27)32/h3-5,8,11-14,24,27H,6,9-10,15H2,1-2H3/t24-,27-/m0/s1. The van der Waals surface area contributed by atoms with E-state index in [1.54, 1.807) is 42.7 Å². The number of rotatable bonds is 5. The van der Waals surface area contributed by atoms with Crippen molar-refractivity contribution >= 4 is 33.5 Å². The number of ether oxygens (including phenoxy) is 1. The molecule has 0 unspecified atom stereocenters. The van der Waals surface area contributed by atoms with Crippen molar-refractivity contribution in [1.82, 2.24) is 29.4 Å². The summed E-state index contributed by atoms with van der Waals surface area (Å²) < 4.78 is 38.5. The quantitative estimate of drug-likeness (QED) is 0.232. The molecule has 5 aromatic rings. The van der Waals surface area contributed by atoms with Gasteiger partial charge in [-0.2, -0.15) is 5.26 Å². The van der Waals surface area contributed by atoms with Gasteiger partial charge in [0.05, 0.1) is 40.9 Å². The Hall–Kier alpha value is -4.20. The Balaban J connectivity index is 1.43. The topological polar surface area (TPSA) is 92.8 Å². The zero-order chi connectivity index (χ0) is 28.0. The molecule has 4 heterocycles. The van der Waals surface area contributed by atoms with Gasteiger partial charge in [-0.25, -0.2) is 23.7 Å². The highest BCUT2D eigenvalue weighted by atomic mass is 35.5. The first-order chi connectivity index (χ1) is 19.3. The molecular formula is C29H24ClF2N7O. The molecule has 0 saturated carbocycles. The second-order valence-electron chi connectivity index (χ2n) is 9.86. The van der Waals surface area contributed by atoms with E-state index in [0.29, 0.717) is 52.0 Å². The maximum atomic E-state index is 15.5. The first-order valence-electron chi connectivity index (χ1n) is 12.8. The number of likely N-dealkylation sites (tertiary alicyclic amines) is 1. The van der Waals surface area contributed by atoms with E-state index in [-0.39, 0.29) is 29.7 Å². The van der Waals surface area contributed by atoms with Crippen LogP contribution >= 0.6 is 11.6 Å². The molecule has 0 aliphatic carbocycles. The Morgan fingerprint density at radius 3 is 2.70 bits per heavy atom. The minimum absolute atomic E-state index is 0.165. The number of nitrogens with zero attached hydrogens (tertiary/aromatic N) is 7. The summed E-state index contributed by atoms with van der Waals surface area (Å²) in [5, 5.41) is 9.95. The molecule has 0 radical (unpaired) electrons. The fourth-order valence-electron chi connectivity index (χ4n) is 5.37. The van der Waals surface area contributed by atoms with Gasteiger partial charge in [-0.05, 0) is 44.5 Å². The average molecular weight is 560 g/mol. The summed E-state index contributed by atoms with van der Waals surface area (Å²) in [6.07, 6.45) is 2.51. The molecule has 11 heteroatoms. The van der Waals surface area contributed by atoms with Crippen molar-refractivity contribution < 1.29 is 13.5 Å². The number of nitriles is 1. The smallest absolute Gasteiger partial charge is 0.322 e. The van der Waals surface area contributed by atoms with Gasteiger partial charge in [-0.1, -0.05) is 11.6 Å². The Kier molecular flexibility index (Phi) is 6.78. The molecule has 1 saturated heterocycles. The van der Waals surface area contributed by atoms with Gasteiger partial charge < -0.3 is 9.30 Å². The summed E-state index contributed by atoms with van der Waals surface area (Å²) in [5.41, 5.74) is 3.22. The zero-order valence-electron chi connectivity index (χ0n) is 21.8. The van der Waals surface area contributed by atoms with Gasteiger partial charge >= 0.3 is 6.01 Å². The number of fused-ring (bicyclic) bond motifs is 3. The fraction of sp³-hybridized carbons (Fsp3) is 0.276. The maximum absolute atomic E-state index is 15.5. The molecule has 8 nitrogen and oxygen atoms in total. The SMILES string of the molecule is Cc1ccnc(Oc2ccc(-c3cc4c(cc3F)ncc3nc(C)n([C@H]5CCN(CC#N)C[C@@H]5F)c34)c(Cl)c2)n1. The third kappa shape index (κ3) is 4.72. The van der Waals surface area contributed by atoms with Gasteiger partial charge in [-0.15, -0.1) is 0 Å². The number of aryl methyl sites for hydroxylation is 2. The van der Waals surface area contributed by atoms with E-state index < -0.39 is 18.0 Å². The molecule has 0 bridgehead atoms. The zero-order valence-corrected chi connectivity index (χ0v) is 22.5. The number of aromatic nitrogens is 5. The van der Waals surface area contributed by atoms with Crippen LogP contribution in [0, 0.1) is 31.0 Å². The van der Waals surface area contributed by atoms with Crippen LogP contribution in [0.25, 0.3) is 33.1 Å². The third-order valence-corrected chi connectivity index (χ3v) is 7.52. The molecule has 0 N–H and O–H groups in total. The lowest BCUT2D eigenvalue weighted by atomic mass is 10.00. The lowest BCUT2D eigenvalue weighted by Crippen LogP contribution is -2.43. The molecule has 2 aromatic carbocycles. The van der Waals surface area contributed by atoms with Gasteiger partial charge in [0.1, 0.15) is 29.1 Å². The van der Waals surface area contributed by atoms with E-state index in [9.17, 15) is 0 Å². The number of halogens is 3. The van der Waals surface area contributed by atoms with Gasteiger partial charge in [0.2, 0.25) is 0 Å². The Morgan fingerprint density at radius 2 is 1.95 bits per heavy atom. The Bertz CT molecular complexity index is 1800. The minimum Gasteiger partial charge on any atom is -0.424 e. The summed E-state index contributed by atoms with van der Waals surface area (Å²) >= 11 is 6.62. The second-order valence-corrected chi connectivity index (χ2v) is 10.3. The summed E-state index contributed by atoms with van der Waals surface area (Å²) in [6, 6.07) is 11.6. The van der Waals surface area contributed by atoms with Crippen molar-refractivity contribution in [1.29, 1.82) is 5.26 Å². The van der Waals surface area contributed by atoms with E-state index in [1.165, 1.54) is 6.07 Å². The Morgan fingerprint density at radius 1 is 1.10 bits per heavy atom. The first-order valence-corrected chi connectivity index (χ1v) is 13.2. The lowest BCUT2D eigenvalue weighted by Gasteiger charge is -2.35. The van der Waals surface area contributed by atoms with Crippen LogP contribution in [-0.4, -0.2) is 55.2 Å². The maximum Gasteiger partial charge on any atom is 0.322 e. The number of hydrogen-bond acceptors (Lipinski definition) is 7. The van der Waals surface area contributed by atoms with E-state index in [2.05, 4.69) is 26.0 Å². The third-order valence-electron chi connectivity index (χ3n) is 7.21. The van der Waals surface area contributed by atoms with Crippen molar-refractivity contribution in [2.45, 2.75) is 32.5 Å². The van der Waals surface area contributed by atoms with Crippen LogP contribution in [0.4, 0.5) is 8.78 Å². The largest absolute Gasteiger partial charge is 0.424 e. The number of pyridine rings is 1. The molecule has 2 atom stereocenters. The van der Waals surface area contributed by atoms with Crippen LogP contribution < -0.4 is 4.74 Å². The summed E-state index contributed by atoms with van der Waals surface area (Å²) in [5.74, 6) is 0.567. The highest BCUT2D eigenvalue weighted by Gasteiger charge is 2.33. The number of piperidine rings is 1. The summed E-state index contributed by atoms with van der Waals surface area (Å²) in [4.78, 5) is 19.2. The van der Waals surface area contributed by atoms with Crippen LogP contribution in [0.5, 0.6) is 11.8 Å². The van der Waals surface area contributed by atoms with E-state index in [0.717, 1.165) is 5.69 Å². The van der Waals surface area contributed by atoms with E-state index in [1.807, 2.05) is 23.3 Å². The molecule has 0 spiro atoms. The van der Waals surface area contributed by atoms with Crippen molar-refractivity contribution in [3.8, 4) is 29.0 Å². The van der Waals surface area contributed by atoms with Crippen LogP contribution in [0.15, 0.2) is 48.8 Å². The van der Waals surface area contributed by atoms with Gasteiger partial charge in [0.15, 0.2) is 0 Å². The molecule has 202 valence electrons. The molecule has 1 aliphatic rings. The average Bonchev–Trinajstić information content (AvgIpc) is 3.25. The Labute approximate surface area is 233 Å². The highest BCUT2D eigenvalue weighted by Crippen LogP contribution is 2.38. The minimum atomic E-state index is -1.19. The van der Waals surface area contributed by atoms with Gasteiger partial charge in [0.25, 0.3) is 0 Å². The van der Waals surface area contributed by atoms with Crippen LogP contribution in [0.2, 0.25) is 5.02 Å². The van der Waals surface area contributed by atoms with Crippen LogP contribution in [-0.2, 0) is 0 Å². The van der Waals surface area contributed by atoms with Crippen LogP contribution in [0.1, 0.15) is 24.0 Å². The number of hydrogen-bond donors (Lipinski definition) is 0. The van der Waals surface area contributed by atoms with Crippen LogP contribution in [0.3, 0.4) is 0 Å². The van der Waals surface area contributed by atoms with Crippen molar-refractivity contribution in [3.05, 3.63) is 71.2 Å². The van der Waals surface area contributed by atoms with Gasteiger partial charge in [0, 0.05) is 53.6 Å². The summed E-state index contributed by atoms with van der Waals surface area (Å²) in [6.45, 7) is 4.61. The molecule has 1 aliphatic heterocycles. The van der Waals surface area contributed by atoms with E-state index in [4.69, 9.17) is 21.6 Å². The molecule has 40 heavy (non-hydrogen) atoms. The normalized spacial score (nSPS) is 17.8. The van der Waals surface area contributed by atoms with Gasteiger partial charge in [-0.3, -0.25) is 9.88 Å². The second kappa shape index (κ2) is 10.4. The number of imidazole rings is 1. The molecular weight excluding hydrogens is 536 g/mol. The predicted molar refractivity (Wildman–Crippen MR) is 148 cm³/mol. The summed E-state index contributed by atoms with van der Waals surface area (Å²) in [7, 11) is 0. The lowest BCUT2D eigenvalue weighted by molar-refractivity contribution is 0.0996. The predicted octanol–water partition coefficient (Wildman–Crippen LogP) is 6.35. The number of alkyl halides is 1. The monoisotopic (exact) mass is 559 g/mol. The molecule has 6 rings (SSSR count). The molecule has 0 amide bonds. The number of benzene rings is 2. The first kappa shape index (κ1) is 26.0. The van der Waals surface area contributed by atoms with Crippen molar-refractivity contribution in [3.63, 3.8) is 0 Å².